The number of benzene rings is 8. The van der Waals surface area contributed by atoms with Crippen LogP contribution in [-0.4, -0.2) is 0 Å². The van der Waals surface area contributed by atoms with Crippen molar-refractivity contribution in [2.24, 2.45) is 11.8 Å². The summed E-state index contributed by atoms with van der Waals surface area (Å²) in [5.41, 5.74) is 25.5. The summed E-state index contributed by atoms with van der Waals surface area (Å²) in [5, 5.41) is 0. The second-order valence-corrected chi connectivity index (χ2v) is 20.0. The largest absolute Gasteiger partial charge is 0.309 e. The number of rotatable bonds is 5. The van der Waals surface area contributed by atoms with Gasteiger partial charge in [0.15, 0.2) is 0 Å². The highest BCUT2D eigenvalue weighted by molar-refractivity contribution is 6.00. The van der Waals surface area contributed by atoms with E-state index >= 15 is 0 Å². The Morgan fingerprint density at radius 3 is 1.66 bits per heavy atom. The summed E-state index contributed by atoms with van der Waals surface area (Å²) in [7, 11) is 0. The molecular formula is C61H51N. The van der Waals surface area contributed by atoms with Gasteiger partial charge in [0.1, 0.15) is 0 Å². The lowest BCUT2D eigenvalue weighted by atomic mass is 9.67. The minimum absolute atomic E-state index is 0.0751. The summed E-state index contributed by atoms with van der Waals surface area (Å²) < 4.78 is 0. The Hall–Kier alpha value is -6.44. The minimum Gasteiger partial charge on any atom is -0.309 e. The van der Waals surface area contributed by atoms with Gasteiger partial charge in [0.25, 0.3) is 0 Å². The van der Waals surface area contributed by atoms with Gasteiger partial charge in [-0.3, -0.25) is 0 Å². The molecule has 0 aromatic heterocycles. The van der Waals surface area contributed by atoms with E-state index < -0.39 is 0 Å². The Bertz CT molecular complexity index is 3180. The van der Waals surface area contributed by atoms with Gasteiger partial charge in [-0.05, 0) is 139 Å². The molecule has 0 heterocycles. The van der Waals surface area contributed by atoms with Crippen LogP contribution in [0.4, 0.5) is 17.1 Å². The van der Waals surface area contributed by atoms with Crippen molar-refractivity contribution in [3.05, 3.63) is 209 Å². The molecule has 0 aliphatic heterocycles. The van der Waals surface area contributed by atoms with Crippen molar-refractivity contribution in [1.29, 1.82) is 0 Å². The summed E-state index contributed by atoms with van der Waals surface area (Å²) in [5.74, 6) is 1.50. The van der Waals surface area contributed by atoms with Crippen molar-refractivity contribution >= 4 is 17.1 Å². The van der Waals surface area contributed by atoms with E-state index in [1.807, 2.05) is 0 Å². The topological polar surface area (TPSA) is 3.24 Å². The number of nitrogens with zero attached hydrogens (tertiary/aromatic N) is 1. The smallest absolute Gasteiger partial charge is 0.0540 e. The molecule has 62 heavy (non-hydrogen) atoms. The van der Waals surface area contributed by atoms with Crippen LogP contribution in [0.3, 0.4) is 0 Å². The molecule has 8 aromatic rings. The molecule has 3 atom stereocenters. The molecule has 3 unspecified atom stereocenters. The zero-order chi connectivity index (χ0) is 41.5. The van der Waals surface area contributed by atoms with Gasteiger partial charge < -0.3 is 4.90 Å². The van der Waals surface area contributed by atoms with Crippen LogP contribution in [0.2, 0.25) is 0 Å². The van der Waals surface area contributed by atoms with Crippen LogP contribution in [0.15, 0.2) is 176 Å². The maximum absolute atomic E-state index is 2.62. The van der Waals surface area contributed by atoms with Crippen LogP contribution in [0, 0.1) is 11.8 Å². The van der Waals surface area contributed by atoms with Gasteiger partial charge in [0.2, 0.25) is 0 Å². The lowest BCUT2D eigenvalue weighted by molar-refractivity contribution is 0.327. The first-order valence-corrected chi connectivity index (χ1v) is 23.0. The van der Waals surface area contributed by atoms with E-state index in [0.29, 0.717) is 5.92 Å². The summed E-state index contributed by atoms with van der Waals surface area (Å²) >= 11 is 0. The third-order valence-corrected chi connectivity index (χ3v) is 16.4. The Morgan fingerprint density at radius 1 is 0.403 bits per heavy atom. The Kier molecular flexibility index (Phi) is 7.48. The van der Waals surface area contributed by atoms with Gasteiger partial charge in [-0.2, -0.15) is 0 Å². The van der Waals surface area contributed by atoms with Crippen LogP contribution in [0.5, 0.6) is 0 Å². The van der Waals surface area contributed by atoms with Crippen LogP contribution in [-0.2, 0) is 16.2 Å². The highest BCUT2D eigenvalue weighted by Crippen LogP contribution is 2.66. The van der Waals surface area contributed by atoms with Crippen LogP contribution in [0.25, 0.3) is 55.6 Å². The van der Waals surface area contributed by atoms with E-state index in [1.165, 1.54) is 126 Å². The molecule has 5 aliphatic rings. The maximum Gasteiger partial charge on any atom is 0.0540 e. The second kappa shape index (κ2) is 12.8. The number of fused-ring (bicyclic) bond motifs is 14. The fourth-order valence-electron chi connectivity index (χ4n) is 13.6. The maximum atomic E-state index is 2.62. The van der Waals surface area contributed by atoms with E-state index in [-0.39, 0.29) is 16.2 Å². The van der Waals surface area contributed by atoms with Crippen molar-refractivity contribution in [3.63, 3.8) is 0 Å². The molecule has 1 nitrogen and oxygen atoms in total. The summed E-state index contributed by atoms with van der Waals surface area (Å²) in [6, 6.07) is 67.6. The summed E-state index contributed by atoms with van der Waals surface area (Å²) in [6.45, 7) is 9.56. The summed E-state index contributed by atoms with van der Waals surface area (Å²) in [6.07, 6.45) is 5.31. The molecule has 0 N–H and O–H groups in total. The van der Waals surface area contributed by atoms with Gasteiger partial charge in [-0.25, -0.2) is 0 Å². The zero-order valence-electron chi connectivity index (χ0n) is 36.2. The average molecular weight is 798 g/mol. The van der Waals surface area contributed by atoms with E-state index in [0.717, 1.165) is 5.92 Å². The molecule has 1 heteroatoms. The lowest BCUT2D eigenvalue weighted by Crippen LogP contribution is -2.32. The van der Waals surface area contributed by atoms with Crippen LogP contribution >= 0.6 is 0 Å². The quantitative estimate of drug-likeness (QED) is 0.168. The molecule has 300 valence electrons. The molecule has 2 saturated carbocycles. The lowest BCUT2D eigenvalue weighted by Gasteiger charge is -2.37. The first-order chi connectivity index (χ1) is 30.2. The molecule has 13 rings (SSSR count). The van der Waals surface area contributed by atoms with Gasteiger partial charge in [0, 0.05) is 33.1 Å². The number of para-hydroxylation sites is 2. The van der Waals surface area contributed by atoms with Gasteiger partial charge in [0.05, 0.1) is 11.4 Å². The Balaban J connectivity index is 1.06. The molecule has 2 bridgehead atoms. The van der Waals surface area contributed by atoms with Crippen molar-refractivity contribution in [3.8, 4) is 55.6 Å². The van der Waals surface area contributed by atoms with E-state index in [9.17, 15) is 0 Å². The van der Waals surface area contributed by atoms with E-state index in [1.54, 1.807) is 5.56 Å². The van der Waals surface area contributed by atoms with Crippen molar-refractivity contribution in [1.82, 2.24) is 0 Å². The third-order valence-electron chi connectivity index (χ3n) is 16.4. The fourth-order valence-corrected chi connectivity index (χ4v) is 13.6. The molecule has 0 saturated heterocycles. The van der Waals surface area contributed by atoms with E-state index in [4.69, 9.17) is 0 Å². The average Bonchev–Trinajstić information content (AvgIpc) is 4.10. The first-order valence-electron chi connectivity index (χ1n) is 23.0. The monoisotopic (exact) mass is 797 g/mol. The van der Waals surface area contributed by atoms with Crippen LogP contribution in [0.1, 0.15) is 86.8 Å². The highest BCUT2D eigenvalue weighted by Gasteiger charge is 2.57. The second-order valence-electron chi connectivity index (χ2n) is 20.0. The number of hydrogen-bond acceptors (Lipinski definition) is 1. The zero-order valence-corrected chi connectivity index (χ0v) is 36.2. The predicted molar refractivity (Wildman–Crippen MR) is 259 cm³/mol. The molecule has 5 aliphatic carbocycles. The standard InChI is InChI=1S/C61H51N/c1-59(2)51-23-11-7-20-49(51)58-48(21-15-25-53(58)59)47-19-9-14-27-57(47)62(41-31-33-46-44-18-6-12-24-52(44)61(55(46)36-41)37-38-28-30-40(61)34-38)56-26-13-8-16-42(56)39-29-32-45-43-17-5-10-22-50(43)60(3,4)54(45)35-39/h5-27,29,31-33,35-36,38,40H,28,30,34,37H2,1-4H3. The van der Waals surface area contributed by atoms with Crippen molar-refractivity contribution < 1.29 is 0 Å². The molecule has 0 radical (unpaired) electrons. The predicted octanol–water partition coefficient (Wildman–Crippen LogP) is 16.2. The third kappa shape index (κ3) is 4.75. The van der Waals surface area contributed by atoms with Gasteiger partial charge in [-0.15, -0.1) is 0 Å². The Labute approximate surface area is 366 Å². The molecule has 0 amide bonds. The van der Waals surface area contributed by atoms with Gasteiger partial charge >= 0.3 is 0 Å². The summed E-state index contributed by atoms with van der Waals surface area (Å²) in [4.78, 5) is 2.62. The number of anilines is 3. The van der Waals surface area contributed by atoms with E-state index in [2.05, 4.69) is 209 Å². The van der Waals surface area contributed by atoms with Crippen LogP contribution < -0.4 is 4.90 Å². The SMILES string of the molecule is CC1(C)c2ccccc2-c2ccc(-c3ccccc3N(c3ccc4c(c3)C3(CC5CCC3C5)c3ccccc3-4)c3ccccc3-c3cccc4c3-c3ccccc3C4(C)C)cc21. The Morgan fingerprint density at radius 2 is 0.935 bits per heavy atom. The first kappa shape index (κ1) is 36.2. The highest BCUT2D eigenvalue weighted by atomic mass is 15.1. The number of hydrogen-bond donors (Lipinski definition) is 0. The fraction of sp³-hybridized carbons (Fsp3) is 0.213. The molecule has 8 aromatic carbocycles. The van der Waals surface area contributed by atoms with Crippen molar-refractivity contribution in [2.45, 2.75) is 69.6 Å². The molecular weight excluding hydrogens is 747 g/mol. The minimum atomic E-state index is -0.0924. The normalized spacial score (nSPS) is 21.0. The van der Waals surface area contributed by atoms with Gasteiger partial charge in [-0.1, -0.05) is 180 Å². The molecule has 2 fully saturated rings. The molecule has 1 spiro atoms. The van der Waals surface area contributed by atoms with Crippen molar-refractivity contribution in [2.75, 3.05) is 4.90 Å².